The normalized spacial score (nSPS) is 15.1. The summed E-state index contributed by atoms with van der Waals surface area (Å²) in [6, 6.07) is 4.05. The Kier molecular flexibility index (Phi) is 1.31. The first-order valence-corrected chi connectivity index (χ1v) is 4.39. The van der Waals surface area contributed by atoms with E-state index < -0.39 is 0 Å². The average Bonchev–Trinajstić information content (AvgIpc) is 2.42. The maximum absolute atomic E-state index is 4.37. The molecule has 0 amide bonds. The molecule has 1 aliphatic heterocycles. The highest BCUT2D eigenvalue weighted by atomic mass is 32.2. The molecule has 2 nitrogen and oxygen atoms in total. The molecule has 2 heterocycles. The predicted octanol–water partition coefficient (Wildman–Crippen LogP) is 1.89. The average molecular weight is 152 g/mol. The maximum atomic E-state index is 4.37. The lowest BCUT2D eigenvalue weighted by Crippen LogP contribution is -1.96. The molecule has 1 aromatic heterocycles. The summed E-state index contributed by atoms with van der Waals surface area (Å²) in [6.07, 6.45) is 4.12. The summed E-state index contributed by atoms with van der Waals surface area (Å²) >= 11 is 1.72. The molecule has 0 aromatic carbocycles. The van der Waals surface area contributed by atoms with Gasteiger partial charge in [-0.2, -0.15) is 0 Å². The molecule has 10 heavy (non-hydrogen) atoms. The van der Waals surface area contributed by atoms with Gasteiger partial charge >= 0.3 is 0 Å². The van der Waals surface area contributed by atoms with Crippen molar-refractivity contribution in [3.05, 3.63) is 18.3 Å². The largest absolute Gasteiger partial charge is 0.326 e. The van der Waals surface area contributed by atoms with Gasteiger partial charge in [-0.1, -0.05) is 0 Å². The summed E-state index contributed by atoms with van der Waals surface area (Å²) in [4.78, 5) is 4.37. The second kappa shape index (κ2) is 2.16. The topological polar surface area (TPSA) is 17.3 Å². The van der Waals surface area contributed by atoms with E-state index in [0.717, 1.165) is 12.4 Å². The van der Waals surface area contributed by atoms with E-state index in [1.165, 1.54) is 5.04 Å². The van der Waals surface area contributed by atoms with Crippen molar-refractivity contribution in [2.45, 2.75) is 6.54 Å². The quantitative estimate of drug-likeness (QED) is 0.555. The van der Waals surface area contributed by atoms with Crippen LogP contribution in [0.4, 0.5) is 5.82 Å². The van der Waals surface area contributed by atoms with Gasteiger partial charge in [0.1, 0.15) is 5.82 Å². The zero-order valence-corrected chi connectivity index (χ0v) is 6.56. The van der Waals surface area contributed by atoms with E-state index >= 15 is 0 Å². The van der Waals surface area contributed by atoms with Crippen LogP contribution in [0.2, 0.25) is 0 Å². The minimum absolute atomic E-state index is 0.962. The molecule has 0 saturated heterocycles. The third kappa shape index (κ3) is 0.778. The number of nitrogens with zero attached hydrogens (tertiary/aromatic N) is 2. The number of fused-ring (bicyclic) bond motifs is 1. The molecular formula is C7H8N2S. The van der Waals surface area contributed by atoms with Crippen molar-refractivity contribution in [3.63, 3.8) is 0 Å². The van der Waals surface area contributed by atoms with E-state index in [1.807, 2.05) is 12.1 Å². The van der Waals surface area contributed by atoms with Gasteiger partial charge in [-0.3, -0.25) is 0 Å². The predicted molar refractivity (Wildman–Crippen MR) is 45.0 cm³/mol. The molecular weight excluding hydrogens is 144 g/mol. The van der Waals surface area contributed by atoms with Crippen LogP contribution in [0.15, 0.2) is 23.3 Å². The highest BCUT2D eigenvalue weighted by molar-refractivity contribution is 8.13. The molecule has 0 bridgehead atoms. The van der Waals surface area contributed by atoms with Gasteiger partial charge < -0.3 is 4.57 Å². The van der Waals surface area contributed by atoms with Crippen LogP contribution in [-0.2, 0) is 6.54 Å². The second-order valence-electron chi connectivity index (χ2n) is 2.20. The Labute approximate surface area is 64.0 Å². The molecule has 0 spiro atoms. The highest BCUT2D eigenvalue weighted by Crippen LogP contribution is 2.22. The molecule has 0 radical (unpaired) electrons. The van der Waals surface area contributed by atoms with Crippen LogP contribution in [0.3, 0.4) is 0 Å². The summed E-state index contributed by atoms with van der Waals surface area (Å²) in [6.45, 7) is 0.962. The number of thioether (sulfide) groups is 1. The van der Waals surface area contributed by atoms with Gasteiger partial charge in [-0.15, -0.1) is 11.8 Å². The SMILES string of the molecule is CSC1=Nc2cccn2C1. The van der Waals surface area contributed by atoms with Crippen LogP contribution in [-0.4, -0.2) is 15.9 Å². The van der Waals surface area contributed by atoms with Gasteiger partial charge in [0.25, 0.3) is 0 Å². The first-order chi connectivity index (χ1) is 4.90. The fraction of sp³-hybridized carbons (Fsp3) is 0.286. The fourth-order valence-corrected chi connectivity index (χ4v) is 1.51. The van der Waals surface area contributed by atoms with Crippen LogP contribution in [0.25, 0.3) is 0 Å². The molecule has 0 atom stereocenters. The fourth-order valence-electron chi connectivity index (χ4n) is 1.06. The molecule has 3 heteroatoms. The lowest BCUT2D eigenvalue weighted by atomic mass is 10.6. The number of hydrogen-bond donors (Lipinski definition) is 0. The molecule has 1 aliphatic rings. The van der Waals surface area contributed by atoms with Gasteiger partial charge in [0.05, 0.1) is 11.6 Å². The van der Waals surface area contributed by atoms with Gasteiger partial charge in [0.2, 0.25) is 0 Å². The minimum atomic E-state index is 0.962. The summed E-state index contributed by atoms with van der Waals surface area (Å²) in [5.74, 6) is 1.09. The summed E-state index contributed by atoms with van der Waals surface area (Å²) in [7, 11) is 0. The monoisotopic (exact) mass is 152 g/mol. The standard InChI is InChI=1S/C7H8N2S/c1-10-7-5-9-4-2-3-6(9)8-7/h2-4H,5H2,1H3. The smallest absolute Gasteiger partial charge is 0.133 e. The van der Waals surface area contributed by atoms with Crippen LogP contribution >= 0.6 is 11.8 Å². The minimum Gasteiger partial charge on any atom is -0.326 e. The van der Waals surface area contributed by atoms with Crippen molar-refractivity contribution in [2.24, 2.45) is 4.99 Å². The van der Waals surface area contributed by atoms with E-state index in [4.69, 9.17) is 0 Å². The third-order valence-corrected chi connectivity index (χ3v) is 2.28. The Morgan fingerprint density at radius 3 is 3.30 bits per heavy atom. The van der Waals surface area contributed by atoms with Crippen molar-refractivity contribution in [2.75, 3.05) is 6.26 Å². The summed E-state index contributed by atoms with van der Waals surface area (Å²) in [5.41, 5.74) is 0. The maximum Gasteiger partial charge on any atom is 0.133 e. The number of aliphatic imine (C=N–C) groups is 1. The molecule has 0 N–H and O–H groups in total. The van der Waals surface area contributed by atoms with Crippen molar-refractivity contribution in [1.82, 2.24) is 4.57 Å². The first-order valence-electron chi connectivity index (χ1n) is 3.17. The second-order valence-corrected chi connectivity index (χ2v) is 3.08. The summed E-state index contributed by atoms with van der Waals surface area (Å²) in [5, 5.41) is 1.20. The van der Waals surface area contributed by atoms with Crippen LogP contribution < -0.4 is 0 Å². The lowest BCUT2D eigenvalue weighted by Gasteiger charge is -1.93. The first kappa shape index (κ1) is 6.04. The van der Waals surface area contributed by atoms with E-state index in [2.05, 4.69) is 22.0 Å². The molecule has 0 fully saturated rings. The van der Waals surface area contributed by atoms with E-state index in [1.54, 1.807) is 11.8 Å². The number of rotatable bonds is 0. The Balaban J connectivity index is 2.36. The Morgan fingerprint density at radius 2 is 2.60 bits per heavy atom. The molecule has 0 saturated carbocycles. The highest BCUT2D eigenvalue weighted by Gasteiger charge is 2.10. The van der Waals surface area contributed by atoms with E-state index in [9.17, 15) is 0 Å². The van der Waals surface area contributed by atoms with Crippen LogP contribution in [0.5, 0.6) is 0 Å². The number of aromatic nitrogens is 1. The van der Waals surface area contributed by atoms with Gasteiger partial charge in [-0.05, 0) is 18.4 Å². The van der Waals surface area contributed by atoms with Crippen LogP contribution in [0.1, 0.15) is 0 Å². The zero-order valence-electron chi connectivity index (χ0n) is 5.74. The van der Waals surface area contributed by atoms with Gasteiger partial charge in [-0.25, -0.2) is 4.99 Å². The van der Waals surface area contributed by atoms with Crippen molar-refractivity contribution in [1.29, 1.82) is 0 Å². The van der Waals surface area contributed by atoms with Crippen LogP contribution in [0, 0.1) is 0 Å². The molecule has 2 rings (SSSR count). The zero-order chi connectivity index (χ0) is 6.97. The van der Waals surface area contributed by atoms with E-state index in [0.29, 0.717) is 0 Å². The Bertz CT molecular complexity index is 275. The lowest BCUT2D eigenvalue weighted by molar-refractivity contribution is 0.907. The Morgan fingerprint density at radius 1 is 1.70 bits per heavy atom. The summed E-state index contributed by atoms with van der Waals surface area (Å²) < 4.78 is 2.14. The van der Waals surface area contributed by atoms with E-state index in [-0.39, 0.29) is 0 Å². The molecule has 0 unspecified atom stereocenters. The Hall–Kier alpha value is -0.700. The molecule has 0 aliphatic carbocycles. The molecule has 1 aromatic rings. The van der Waals surface area contributed by atoms with Crippen molar-refractivity contribution >= 4 is 22.6 Å². The number of hydrogen-bond acceptors (Lipinski definition) is 2. The van der Waals surface area contributed by atoms with Gasteiger partial charge in [0, 0.05) is 6.20 Å². The van der Waals surface area contributed by atoms with Crippen molar-refractivity contribution in [3.8, 4) is 0 Å². The van der Waals surface area contributed by atoms with Gasteiger partial charge in [0.15, 0.2) is 0 Å². The molecule has 52 valence electrons. The van der Waals surface area contributed by atoms with Crippen molar-refractivity contribution < 1.29 is 0 Å². The third-order valence-electron chi connectivity index (χ3n) is 1.59.